The second kappa shape index (κ2) is 28.4. The summed E-state index contributed by atoms with van der Waals surface area (Å²) >= 11 is 0. The molecule has 0 saturated heterocycles. The van der Waals surface area contributed by atoms with Crippen molar-refractivity contribution in [2.45, 2.75) is 115 Å². The predicted octanol–water partition coefficient (Wildman–Crippen LogP) is 5.90. The molecule has 0 aliphatic heterocycles. The Bertz CT molecular complexity index is 1580. The fourth-order valence-corrected chi connectivity index (χ4v) is 6.53. The number of unbranched alkanes of at least 4 members (excludes halogenated alkanes) is 8. The number of aryl methyl sites for hydroxylation is 1. The Hall–Kier alpha value is -3.96. The van der Waals surface area contributed by atoms with E-state index in [1.54, 1.807) is 18.2 Å². The summed E-state index contributed by atoms with van der Waals surface area (Å²) in [6.07, 6.45) is 13.1. The first-order valence-corrected chi connectivity index (χ1v) is 21.4. The first-order chi connectivity index (χ1) is 27.2. The number of hydrogen-bond donors (Lipinski definition) is 3. The van der Waals surface area contributed by atoms with Gasteiger partial charge in [0.15, 0.2) is 5.78 Å². The number of nitrogens with one attached hydrogen (secondary N) is 2. The molecule has 0 radical (unpaired) electrons. The van der Waals surface area contributed by atoms with Gasteiger partial charge in [-0.15, -0.1) is 0 Å². The van der Waals surface area contributed by atoms with Gasteiger partial charge in [0.1, 0.15) is 24.6 Å². The molecule has 16 heteroatoms. The average Bonchev–Trinajstić information content (AvgIpc) is 3.15. The number of benzene rings is 1. The standard InChI is InChI=1S/C41H63N3O12S/c1-41(2,3)56-39(48)19-12-10-8-6-4-5-7-9-11-15-33-16-13-18-36(29-33)57(50,51)44-37-21-20-34(30-43-37)40(49)42-22-24-53-26-27-54-31-35(45)17-14-23-52-25-28-55-32-38(46)47/h13,16,18,20-21,29-30H,4-12,14-15,17,19,22-28,31-32H2,1-3H3,(H,42,49)(H,43,44)(H,46,47). The summed E-state index contributed by atoms with van der Waals surface area (Å²) in [4.78, 5) is 50.8. The van der Waals surface area contributed by atoms with Crippen LogP contribution in [-0.2, 0) is 54.5 Å². The molecule has 0 fully saturated rings. The van der Waals surface area contributed by atoms with Gasteiger partial charge in [0, 0.05) is 32.2 Å². The zero-order chi connectivity index (χ0) is 41.8. The van der Waals surface area contributed by atoms with E-state index in [4.69, 9.17) is 28.8 Å². The van der Waals surface area contributed by atoms with Crippen molar-refractivity contribution in [2.75, 3.05) is 64.1 Å². The molecule has 1 amide bonds. The van der Waals surface area contributed by atoms with E-state index >= 15 is 0 Å². The van der Waals surface area contributed by atoms with E-state index in [1.165, 1.54) is 24.8 Å². The molecule has 2 aromatic rings. The Kier molecular flexibility index (Phi) is 24.5. The summed E-state index contributed by atoms with van der Waals surface area (Å²) in [6, 6.07) is 9.81. The van der Waals surface area contributed by atoms with E-state index in [-0.39, 0.29) is 86.7 Å². The molecule has 15 nitrogen and oxygen atoms in total. The highest BCUT2D eigenvalue weighted by Crippen LogP contribution is 2.19. The smallest absolute Gasteiger partial charge is 0.329 e. The molecule has 0 spiro atoms. The molecule has 1 heterocycles. The lowest BCUT2D eigenvalue weighted by molar-refractivity contribution is -0.155. The minimum Gasteiger partial charge on any atom is -0.480 e. The Morgan fingerprint density at radius 2 is 1.35 bits per heavy atom. The maximum absolute atomic E-state index is 13.1. The average molecular weight is 822 g/mol. The SMILES string of the molecule is CC(C)(C)OC(=O)CCCCCCCCCCCc1cccc(S(=O)(=O)Nc2ccc(C(=O)NCCOCCOCC(=O)CCCOCCOCC(=O)O)cn2)c1. The third kappa shape index (κ3) is 25.1. The van der Waals surface area contributed by atoms with Gasteiger partial charge in [0.2, 0.25) is 0 Å². The van der Waals surface area contributed by atoms with Crippen LogP contribution in [0.2, 0.25) is 0 Å². The first-order valence-electron chi connectivity index (χ1n) is 19.9. The van der Waals surface area contributed by atoms with E-state index < -0.39 is 21.6 Å². The zero-order valence-electron chi connectivity index (χ0n) is 33.9. The quantitative estimate of drug-likeness (QED) is 0.0568. The lowest BCUT2D eigenvalue weighted by Crippen LogP contribution is -2.28. The molecule has 320 valence electrons. The number of esters is 1. The number of rotatable bonds is 33. The highest BCUT2D eigenvalue weighted by Gasteiger charge is 2.17. The van der Waals surface area contributed by atoms with Crippen molar-refractivity contribution in [1.29, 1.82) is 0 Å². The number of ketones is 1. The highest BCUT2D eigenvalue weighted by molar-refractivity contribution is 7.92. The Labute approximate surface area is 338 Å². The van der Waals surface area contributed by atoms with Crippen molar-refractivity contribution in [3.8, 4) is 0 Å². The number of nitrogens with zero attached hydrogens (tertiary/aromatic N) is 1. The van der Waals surface area contributed by atoms with Gasteiger partial charge in [-0.05, 0) is 76.3 Å². The summed E-state index contributed by atoms with van der Waals surface area (Å²) in [7, 11) is -3.88. The van der Waals surface area contributed by atoms with Gasteiger partial charge in [-0.1, -0.05) is 57.1 Å². The molecule has 0 unspecified atom stereocenters. The number of aliphatic carboxylic acids is 1. The van der Waals surface area contributed by atoms with Crippen LogP contribution < -0.4 is 10.0 Å². The van der Waals surface area contributed by atoms with Crippen molar-refractivity contribution < 1.29 is 56.4 Å². The maximum Gasteiger partial charge on any atom is 0.329 e. The van der Waals surface area contributed by atoms with Crippen LogP contribution in [0.25, 0.3) is 0 Å². The molecule has 2 rings (SSSR count). The Morgan fingerprint density at radius 1 is 0.719 bits per heavy atom. The second-order valence-corrected chi connectivity index (χ2v) is 16.3. The number of carbonyl (C=O) groups excluding carboxylic acids is 3. The number of anilines is 1. The van der Waals surface area contributed by atoms with Gasteiger partial charge >= 0.3 is 11.9 Å². The molecule has 0 aliphatic carbocycles. The largest absolute Gasteiger partial charge is 0.480 e. The molecule has 3 N–H and O–H groups in total. The molecule has 1 aromatic heterocycles. The van der Waals surface area contributed by atoms with Crippen LogP contribution in [0.5, 0.6) is 0 Å². The highest BCUT2D eigenvalue weighted by atomic mass is 32.2. The minimum absolute atomic E-state index is 0.0435. The van der Waals surface area contributed by atoms with Crippen molar-refractivity contribution in [2.24, 2.45) is 0 Å². The number of pyridine rings is 1. The summed E-state index contributed by atoms with van der Waals surface area (Å²) in [6.45, 7) is 6.93. The number of carboxylic acid groups (broad SMARTS) is 1. The topological polar surface area (TPSA) is 206 Å². The van der Waals surface area contributed by atoms with Crippen LogP contribution >= 0.6 is 0 Å². The molecule has 1 aromatic carbocycles. The molecule has 0 bridgehead atoms. The lowest BCUT2D eigenvalue weighted by Gasteiger charge is -2.19. The van der Waals surface area contributed by atoms with E-state index in [1.807, 2.05) is 26.8 Å². The van der Waals surface area contributed by atoms with Crippen LogP contribution in [0.4, 0.5) is 5.82 Å². The predicted molar refractivity (Wildman–Crippen MR) is 215 cm³/mol. The molecular weight excluding hydrogens is 759 g/mol. The lowest BCUT2D eigenvalue weighted by atomic mass is 10.0. The summed E-state index contributed by atoms with van der Waals surface area (Å²) in [5.41, 5.74) is 0.779. The Balaban J connectivity index is 1.54. The van der Waals surface area contributed by atoms with Crippen molar-refractivity contribution in [1.82, 2.24) is 10.3 Å². The number of Topliss-reactive ketones (excluding diaryl/α,β-unsaturated/α-hetero) is 1. The number of hydrogen-bond acceptors (Lipinski definition) is 12. The van der Waals surface area contributed by atoms with Crippen LogP contribution in [0.1, 0.15) is 114 Å². The fourth-order valence-electron chi connectivity index (χ4n) is 5.45. The monoisotopic (exact) mass is 821 g/mol. The minimum atomic E-state index is -3.88. The van der Waals surface area contributed by atoms with Gasteiger partial charge in [0.05, 0.1) is 43.5 Å². The summed E-state index contributed by atoms with van der Waals surface area (Å²) in [5.74, 6) is -1.53. The van der Waals surface area contributed by atoms with Gasteiger partial charge < -0.3 is 34.1 Å². The summed E-state index contributed by atoms with van der Waals surface area (Å²) < 4.78 is 54.9. The molecule has 0 aliphatic rings. The number of sulfonamides is 1. The third-order valence-electron chi connectivity index (χ3n) is 8.25. The van der Waals surface area contributed by atoms with Crippen LogP contribution in [0.15, 0.2) is 47.5 Å². The van der Waals surface area contributed by atoms with Crippen LogP contribution in [0.3, 0.4) is 0 Å². The van der Waals surface area contributed by atoms with Gasteiger partial charge in [-0.25, -0.2) is 18.2 Å². The van der Waals surface area contributed by atoms with Crippen molar-refractivity contribution in [3.63, 3.8) is 0 Å². The number of aromatic nitrogens is 1. The van der Waals surface area contributed by atoms with Gasteiger partial charge in [-0.3, -0.25) is 19.1 Å². The third-order valence-corrected chi connectivity index (χ3v) is 9.60. The van der Waals surface area contributed by atoms with Gasteiger partial charge in [-0.2, -0.15) is 0 Å². The molecule has 57 heavy (non-hydrogen) atoms. The van der Waals surface area contributed by atoms with Crippen LogP contribution in [-0.4, -0.2) is 107 Å². The normalized spacial score (nSPS) is 11.6. The molecule has 0 saturated carbocycles. The maximum atomic E-state index is 13.1. The van der Waals surface area contributed by atoms with E-state index in [9.17, 15) is 27.6 Å². The van der Waals surface area contributed by atoms with Crippen molar-refractivity contribution in [3.05, 3.63) is 53.7 Å². The first kappa shape index (κ1) is 49.2. The summed E-state index contributed by atoms with van der Waals surface area (Å²) in [5, 5.41) is 11.2. The number of amides is 1. The van der Waals surface area contributed by atoms with Crippen molar-refractivity contribution >= 4 is 39.5 Å². The molecular formula is C41H63N3O12S. The fraction of sp³-hybridized carbons (Fsp3) is 0.634. The van der Waals surface area contributed by atoms with Gasteiger partial charge in [0.25, 0.3) is 15.9 Å². The Morgan fingerprint density at radius 3 is 2.00 bits per heavy atom. The second-order valence-electron chi connectivity index (χ2n) is 14.6. The van der Waals surface area contributed by atoms with Crippen LogP contribution in [0, 0.1) is 0 Å². The zero-order valence-corrected chi connectivity index (χ0v) is 34.7. The van der Waals surface area contributed by atoms with E-state index in [0.717, 1.165) is 63.4 Å². The number of carboxylic acids is 1. The van der Waals surface area contributed by atoms with E-state index in [0.29, 0.717) is 25.9 Å². The van der Waals surface area contributed by atoms with E-state index in [2.05, 4.69) is 15.0 Å². The number of carbonyl (C=O) groups is 4. The molecule has 0 atom stereocenters. The number of ether oxygens (including phenoxy) is 5.